The average molecular weight is 426 g/mol. The summed E-state index contributed by atoms with van der Waals surface area (Å²) in [6.07, 6.45) is -2.59. The van der Waals surface area contributed by atoms with Gasteiger partial charge in [-0.15, -0.1) is 0 Å². The van der Waals surface area contributed by atoms with Gasteiger partial charge in [-0.05, 0) is 24.3 Å². The van der Waals surface area contributed by atoms with Gasteiger partial charge in [0, 0.05) is 12.8 Å². The van der Waals surface area contributed by atoms with Crippen LogP contribution in [-0.2, 0) is 28.5 Å². The SMILES string of the molecule is COC(=O)C1(C(=O)OC)C[C@@H](OC(=O)c2ccccc2)[C@H](OC(=O)c2ccccc2)C1. The Kier molecular flexibility index (Phi) is 6.69. The van der Waals surface area contributed by atoms with Crippen LogP contribution in [0.3, 0.4) is 0 Å². The van der Waals surface area contributed by atoms with Crippen molar-refractivity contribution in [2.75, 3.05) is 14.2 Å². The molecule has 2 aromatic carbocycles. The summed E-state index contributed by atoms with van der Waals surface area (Å²) in [4.78, 5) is 50.3. The number of ether oxygens (including phenoxy) is 4. The highest BCUT2D eigenvalue weighted by atomic mass is 16.6. The van der Waals surface area contributed by atoms with Crippen LogP contribution in [0.5, 0.6) is 0 Å². The second kappa shape index (κ2) is 9.42. The molecular formula is C23H22O8. The minimum absolute atomic E-state index is 0.238. The van der Waals surface area contributed by atoms with Crippen LogP contribution in [0.1, 0.15) is 33.6 Å². The van der Waals surface area contributed by atoms with Gasteiger partial charge in [0.2, 0.25) is 0 Å². The quantitative estimate of drug-likeness (QED) is 0.394. The molecule has 8 heteroatoms. The second-order valence-corrected chi connectivity index (χ2v) is 7.09. The van der Waals surface area contributed by atoms with Crippen LogP contribution < -0.4 is 0 Å². The Morgan fingerprint density at radius 1 is 0.677 bits per heavy atom. The number of rotatable bonds is 6. The predicted octanol–water partition coefficient (Wildman–Crippen LogP) is 2.56. The zero-order chi connectivity index (χ0) is 22.4. The van der Waals surface area contributed by atoms with Crippen molar-refractivity contribution in [3.8, 4) is 0 Å². The van der Waals surface area contributed by atoms with Crippen molar-refractivity contribution in [3.63, 3.8) is 0 Å². The van der Waals surface area contributed by atoms with Crippen LogP contribution in [0.15, 0.2) is 60.7 Å². The molecule has 0 bridgehead atoms. The Hall–Kier alpha value is -3.68. The molecule has 1 saturated carbocycles. The fourth-order valence-corrected chi connectivity index (χ4v) is 3.64. The standard InChI is InChI=1S/C23H22O8/c1-28-21(26)23(22(27)29-2)13-17(30-19(24)15-9-5-3-6-10-15)18(14-23)31-20(25)16-11-7-4-8-12-16/h3-12,17-18H,13-14H2,1-2H3/t17-,18-/m1/s1. The van der Waals surface area contributed by atoms with Gasteiger partial charge in [0.05, 0.1) is 25.3 Å². The number of carbonyl (C=O) groups excluding carboxylic acids is 4. The van der Waals surface area contributed by atoms with Crippen molar-refractivity contribution in [2.45, 2.75) is 25.0 Å². The number of esters is 4. The Labute approximate surface area is 179 Å². The minimum Gasteiger partial charge on any atom is -0.468 e. The molecule has 0 unspecified atom stereocenters. The van der Waals surface area contributed by atoms with E-state index in [0.717, 1.165) is 14.2 Å². The van der Waals surface area contributed by atoms with E-state index in [0.29, 0.717) is 0 Å². The van der Waals surface area contributed by atoms with Gasteiger partial charge >= 0.3 is 23.9 Å². The Morgan fingerprint density at radius 2 is 1.03 bits per heavy atom. The summed E-state index contributed by atoms with van der Waals surface area (Å²) in [6, 6.07) is 16.4. The van der Waals surface area contributed by atoms with E-state index >= 15 is 0 Å². The molecular weight excluding hydrogens is 404 g/mol. The van der Waals surface area contributed by atoms with E-state index in [1.54, 1.807) is 60.7 Å². The lowest BCUT2D eigenvalue weighted by molar-refractivity contribution is -0.169. The first-order valence-electron chi connectivity index (χ1n) is 9.60. The van der Waals surface area contributed by atoms with Gasteiger partial charge in [0.15, 0.2) is 5.41 Å². The average Bonchev–Trinajstić information content (AvgIpc) is 3.17. The normalized spacial score (nSPS) is 19.2. The lowest BCUT2D eigenvalue weighted by Crippen LogP contribution is -2.40. The summed E-state index contributed by atoms with van der Waals surface area (Å²) < 4.78 is 20.8. The molecule has 1 fully saturated rings. The molecule has 3 rings (SSSR count). The van der Waals surface area contributed by atoms with E-state index in [1.807, 2.05) is 0 Å². The monoisotopic (exact) mass is 426 g/mol. The van der Waals surface area contributed by atoms with Crippen LogP contribution in [0.4, 0.5) is 0 Å². The third-order valence-corrected chi connectivity index (χ3v) is 5.20. The Balaban J connectivity index is 1.89. The maximum absolute atomic E-state index is 12.6. The van der Waals surface area contributed by atoms with E-state index in [-0.39, 0.29) is 24.0 Å². The van der Waals surface area contributed by atoms with Crippen LogP contribution >= 0.6 is 0 Å². The molecule has 0 N–H and O–H groups in total. The first-order chi connectivity index (χ1) is 14.9. The van der Waals surface area contributed by atoms with Gasteiger partial charge in [-0.1, -0.05) is 36.4 Å². The smallest absolute Gasteiger partial charge is 0.338 e. The van der Waals surface area contributed by atoms with Crippen molar-refractivity contribution in [2.24, 2.45) is 5.41 Å². The molecule has 1 aliphatic rings. The number of hydrogen-bond acceptors (Lipinski definition) is 8. The molecule has 0 heterocycles. The summed E-state index contributed by atoms with van der Waals surface area (Å²) >= 11 is 0. The van der Waals surface area contributed by atoms with E-state index in [9.17, 15) is 19.2 Å². The molecule has 162 valence electrons. The maximum atomic E-state index is 12.6. The third kappa shape index (κ3) is 4.58. The van der Waals surface area contributed by atoms with Crippen LogP contribution in [-0.4, -0.2) is 50.3 Å². The van der Waals surface area contributed by atoms with Crippen LogP contribution in [0, 0.1) is 5.41 Å². The van der Waals surface area contributed by atoms with Gasteiger partial charge in [-0.2, -0.15) is 0 Å². The molecule has 31 heavy (non-hydrogen) atoms. The van der Waals surface area contributed by atoms with Gasteiger partial charge in [0.25, 0.3) is 0 Å². The zero-order valence-corrected chi connectivity index (χ0v) is 17.1. The van der Waals surface area contributed by atoms with Gasteiger partial charge in [-0.3, -0.25) is 9.59 Å². The molecule has 0 aliphatic heterocycles. The lowest BCUT2D eigenvalue weighted by Gasteiger charge is -2.22. The van der Waals surface area contributed by atoms with E-state index in [4.69, 9.17) is 18.9 Å². The number of hydrogen-bond donors (Lipinski definition) is 0. The maximum Gasteiger partial charge on any atom is 0.338 e. The Bertz CT molecular complexity index is 875. The third-order valence-electron chi connectivity index (χ3n) is 5.20. The summed E-state index contributed by atoms with van der Waals surface area (Å²) in [5.41, 5.74) is -1.19. The molecule has 0 spiro atoms. The highest BCUT2D eigenvalue weighted by Crippen LogP contribution is 2.44. The summed E-state index contributed by atoms with van der Waals surface area (Å²) in [5, 5.41) is 0. The topological polar surface area (TPSA) is 105 Å². The molecule has 0 radical (unpaired) electrons. The summed E-state index contributed by atoms with van der Waals surface area (Å²) in [5.74, 6) is -3.04. The van der Waals surface area contributed by atoms with Crippen molar-refractivity contribution < 1.29 is 38.1 Å². The Morgan fingerprint density at radius 3 is 1.35 bits per heavy atom. The first kappa shape index (κ1) is 22.0. The van der Waals surface area contributed by atoms with Gasteiger partial charge in [-0.25, -0.2) is 9.59 Å². The van der Waals surface area contributed by atoms with E-state index in [2.05, 4.69) is 0 Å². The molecule has 8 nitrogen and oxygen atoms in total. The second-order valence-electron chi connectivity index (χ2n) is 7.09. The summed E-state index contributed by atoms with van der Waals surface area (Å²) in [6.45, 7) is 0. The molecule has 0 aromatic heterocycles. The minimum atomic E-state index is -1.76. The van der Waals surface area contributed by atoms with Crippen molar-refractivity contribution in [1.29, 1.82) is 0 Å². The van der Waals surface area contributed by atoms with Gasteiger partial charge < -0.3 is 18.9 Å². The van der Waals surface area contributed by atoms with Gasteiger partial charge in [0.1, 0.15) is 12.2 Å². The molecule has 2 atom stereocenters. The first-order valence-corrected chi connectivity index (χ1v) is 9.60. The van der Waals surface area contributed by atoms with Crippen LogP contribution in [0.25, 0.3) is 0 Å². The highest BCUT2D eigenvalue weighted by molar-refractivity contribution is 6.01. The largest absolute Gasteiger partial charge is 0.468 e. The number of methoxy groups -OCH3 is 2. The fourth-order valence-electron chi connectivity index (χ4n) is 3.64. The molecule has 1 aliphatic carbocycles. The lowest BCUT2D eigenvalue weighted by atomic mass is 9.86. The van der Waals surface area contributed by atoms with E-state index in [1.165, 1.54) is 0 Å². The number of benzene rings is 2. The van der Waals surface area contributed by atoms with Crippen molar-refractivity contribution in [1.82, 2.24) is 0 Å². The summed E-state index contributed by atoms with van der Waals surface area (Å²) in [7, 11) is 2.28. The van der Waals surface area contributed by atoms with Crippen molar-refractivity contribution >= 4 is 23.9 Å². The molecule has 0 saturated heterocycles. The van der Waals surface area contributed by atoms with Crippen LogP contribution in [0.2, 0.25) is 0 Å². The zero-order valence-electron chi connectivity index (χ0n) is 17.1. The molecule has 2 aromatic rings. The fraction of sp³-hybridized carbons (Fsp3) is 0.304. The molecule has 0 amide bonds. The van der Waals surface area contributed by atoms with E-state index < -0.39 is 41.5 Å². The van der Waals surface area contributed by atoms with Crippen molar-refractivity contribution in [3.05, 3.63) is 71.8 Å². The highest BCUT2D eigenvalue weighted by Gasteiger charge is 2.60. The predicted molar refractivity (Wildman–Crippen MR) is 107 cm³/mol. The number of carbonyl (C=O) groups is 4.